The number of imidazole rings is 1. The van der Waals surface area contributed by atoms with Crippen LogP contribution in [0, 0.1) is 35.5 Å². The van der Waals surface area contributed by atoms with Crippen molar-refractivity contribution in [3.63, 3.8) is 0 Å². The summed E-state index contributed by atoms with van der Waals surface area (Å²) in [7, 11) is -10.7. The molecule has 2 fully saturated rings. The molecule has 6 unspecified atom stereocenters. The minimum absolute atomic E-state index is 0.696. The van der Waals surface area contributed by atoms with Crippen molar-refractivity contribution in [2.24, 2.45) is 35.5 Å². The van der Waals surface area contributed by atoms with Gasteiger partial charge in [0, 0.05) is 5.92 Å². The molecule has 0 aromatic carbocycles. The normalized spacial score (nSPS) is 32.1. The Balaban J connectivity index is 0.000000540. The molecule has 1 aromatic heterocycles. The van der Waals surface area contributed by atoms with Gasteiger partial charge in [-0.05, 0) is 61.7 Å². The van der Waals surface area contributed by atoms with E-state index in [0.29, 0.717) is 6.04 Å². The van der Waals surface area contributed by atoms with Gasteiger partial charge >= 0.3 is 33.0 Å². The van der Waals surface area contributed by atoms with Crippen LogP contribution in [0.5, 0.6) is 0 Å². The number of hydrogen-bond acceptors (Lipinski definition) is 0. The summed E-state index contributed by atoms with van der Waals surface area (Å²) >= 11 is 0. The first-order chi connectivity index (χ1) is 15.8. The molecule has 9 heteroatoms. The van der Waals surface area contributed by atoms with E-state index >= 15 is 0 Å². The van der Waals surface area contributed by atoms with Gasteiger partial charge in [-0.3, -0.25) is 0 Å². The van der Waals surface area contributed by atoms with Gasteiger partial charge in [0.2, 0.25) is 0 Å². The summed E-state index contributed by atoms with van der Waals surface area (Å²) in [6, 6.07) is 0.696. The number of rotatable bonds is 6. The molecular formula is C26H47F6N2P. The fraction of sp³-hybridized carbons (Fsp3) is 0.885. The van der Waals surface area contributed by atoms with Crippen LogP contribution in [0.1, 0.15) is 111 Å². The Morgan fingerprint density at radius 3 is 1.83 bits per heavy atom. The maximum absolute atomic E-state index is 10.7. The quantitative estimate of drug-likeness (QED) is 0.196. The number of nitrogens with zero attached hydrogens (tertiary/aromatic N) is 2. The van der Waals surface area contributed by atoms with E-state index in [4.69, 9.17) is 0 Å². The van der Waals surface area contributed by atoms with Gasteiger partial charge in [-0.2, -0.15) is 0 Å². The second-order valence-electron chi connectivity index (χ2n) is 12.0. The number of aryl methyl sites for hydroxylation is 1. The second-order valence-corrected chi connectivity index (χ2v) is 14.0. The van der Waals surface area contributed by atoms with E-state index in [1.54, 1.807) is 5.82 Å². The Labute approximate surface area is 208 Å². The van der Waals surface area contributed by atoms with Crippen molar-refractivity contribution in [3.05, 3.63) is 18.2 Å². The second kappa shape index (κ2) is 10.5. The Hall–Kier alpha value is -0.780. The van der Waals surface area contributed by atoms with Crippen molar-refractivity contribution in [2.45, 2.75) is 112 Å². The average molecular weight is 533 g/mol. The van der Waals surface area contributed by atoms with Gasteiger partial charge in [0.1, 0.15) is 18.4 Å². The van der Waals surface area contributed by atoms with Crippen molar-refractivity contribution >= 4 is 7.81 Å². The molecule has 1 heterocycles. The molecule has 2 saturated carbocycles. The first kappa shape index (κ1) is 30.4. The molecule has 6 atom stereocenters. The van der Waals surface area contributed by atoms with Crippen LogP contribution in [0.3, 0.4) is 0 Å². The topological polar surface area (TPSA) is 8.81 Å². The average Bonchev–Trinajstić information content (AvgIpc) is 3.08. The van der Waals surface area contributed by atoms with E-state index in [0.717, 1.165) is 41.4 Å². The van der Waals surface area contributed by atoms with Crippen molar-refractivity contribution in [3.8, 4) is 0 Å². The minimum atomic E-state index is -10.7. The number of hydrogen-bond donors (Lipinski definition) is 0. The van der Waals surface area contributed by atoms with E-state index in [-0.39, 0.29) is 0 Å². The third kappa shape index (κ3) is 9.89. The fourth-order valence-electron chi connectivity index (χ4n) is 6.54. The van der Waals surface area contributed by atoms with Gasteiger partial charge < -0.3 is 0 Å². The summed E-state index contributed by atoms with van der Waals surface area (Å²) < 4.78 is 64.6. The van der Waals surface area contributed by atoms with Crippen molar-refractivity contribution in [1.29, 1.82) is 0 Å². The summed E-state index contributed by atoms with van der Waals surface area (Å²) in [5, 5.41) is 0. The van der Waals surface area contributed by atoms with Crippen molar-refractivity contribution in [1.82, 2.24) is 4.57 Å². The van der Waals surface area contributed by atoms with Crippen LogP contribution in [0.25, 0.3) is 0 Å². The molecule has 2 nitrogen and oxygen atoms in total. The van der Waals surface area contributed by atoms with Crippen LogP contribution in [0.15, 0.2) is 12.4 Å². The molecule has 3 rings (SSSR count). The van der Waals surface area contributed by atoms with Crippen LogP contribution in [0.2, 0.25) is 0 Å². The predicted molar refractivity (Wildman–Crippen MR) is 133 cm³/mol. The third-order valence-corrected chi connectivity index (χ3v) is 8.13. The summed E-state index contributed by atoms with van der Waals surface area (Å²) in [5.41, 5.74) is 0. The summed E-state index contributed by atoms with van der Waals surface area (Å²) in [4.78, 5) is 0. The predicted octanol–water partition coefficient (Wildman–Crippen LogP) is 10.4. The van der Waals surface area contributed by atoms with Crippen molar-refractivity contribution < 1.29 is 29.7 Å². The fourth-order valence-corrected chi connectivity index (χ4v) is 6.54. The van der Waals surface area contributed by atoms with Crippen LogP contribution in [-0.2, 0) is 6.54 Å². The maximum atomic E-state index is 9.87. The summed E-state index contributed by atoms with van der Waals surface area (Å²) in [6.07, 6.45) is 14.5. The van der Waals surface area contributed by atoms with Crippen LogP contribution >= 0.6 is 7.81 Å². The molecule has 0 spiro atoms. The van der Waals surface area contributed by atoms with Gasteiger partial charge in [0.15, 0.2) is 0 Å². The molecular weight excluding hydrogens is 485 g/mol. The molecule has 2 aliphatic carbocycles. The van der Waals surface area contributed by atoms with Gasteiger partial charge in [0.05, 0.1) is 12.5 Å². The third-order valence-electron chi connectivity index (χ3n) is 8.13. The number of halogens is 6. The molecule has 0 aliphatic heterocycles. The molecule has 1 aromatic rings. The zero-order valence-electron chi connectivity index (χ0n) is 22.5. The Kier molecular flexibility index (Phi) is 9.16. The summed E-state index contributed by atoms with van der Waals surface area (Å²) in [6.45, 7) is 18.3. The standard InChI is InChI=1S/C26H47N2.F6P/c1-8-13-27-14-15-28(25-17-21(7)10-12-23(25)19(4)5)26(27)24-16-20(6)9-11-22(24)18(2)3;1-7(2,3,4,5)6/h14-15,18-25H,8-13,16-17H2,1-7H3;/q+1;-1. The monoisotopic (exact) mass is 532 g/mol. The van der Waals surface area contributed by atoms with Gasteiger partial charge in [0.25, 0.3) is 5.82 Å². The van der Waals surface area contributed by atoms with E-state index in [2.05, 4.69) is 70.0 Å². The molecule has 208 valence electrons. The molecule has 35 heavy (non-hydrogen) atoms. The Morgan fingerprint density at radius 1 is 0.857 bits per heavy atom. The van der Waals surface area contributed by atoms with Crippen LogP contribution in [0.4, 0.5) is 25.2 Å². The van der Waals surface area contributed by atoms with E-state index in [9.17, 15) is 25.2 Å². The molecule has 2 aliphatic rings. The van der Waals surface area contributed by atoms with Gasteiger partial charge in [-0.15, -0.1) is 0 Å². The van der Waals surface area contributed by atoms with Crippen LogP contribution < -0.4 is 4.57 Å². The van der Waals surface area contributed by atoms with Gasteiger partial charge in [-0.1, -0.05) is 61.3 Å². The zero-order valence-corrected chi connectivity index (χ0v) is 23.4. The molecule has 0 radical (unpaired) electrons. The first-order valence-corrected chi connectivity index (χ1v) is 15.5. The van der Waals surface area contributed by atoms with E-state index < -0.39 is 7.81 Å². The zero-order chi connectivity index (χ0) is 26.8. The Morgan fingerprint density at radius 2 is 1.34 bits per heavy atom. The van der Waals surface area contributed by atoms with E-state index in [1.165, 1.54) is 51.5 Å². The molecule has 0 N–H and O–H groups in total. The van der Waals surface area contributed by atoms with Gasteiger partial charge in [-0.25, -0.2) is 9.13 Å². The number of aromatic nitrogens is 2. The van der Waals surface area contributed by atoms with Crippen molar-refractivity contribution in [2.75, 3.05) is 0 Å². The summed E-state index contributed by atoms with van der Waals surface area (Å²) in [5.74, 6) is 7.36. The molecule has 0 amide bonds. The van der Waals surface area contributed by atoms with Crippen LogP contribution in [-0.4, -0.2) is 4.57 Å². The Bertz CT molecular complexity index is 806. The van der Waals surface area contributed by atoms with E-state index in [1.807, 2.05) is 0 Å². The SMILES string of the molecule is CCC[n+]1ccn(C2CC(C)CCC2C(C)C)c1C1CC(C)CCC1C(C)C.F[P-](F)(F)(F)(F)F. The molecule has 0 bridgehead atoms. The molecule has 0 saturated heterocycles. The first-order valence-electron chi connectivity index (χ1n) is 13.4.